The van der Waals surface area contributed by atoms with Crippen LogP contribution >= 0.6 is 0 Å². The van der Waals surface area contributed by atoms with Gasteiger partial charge in [-0.05, 0) is 38.5 Å². The molecule has 0 fully saturated rings. The number of hydrogen-bond donors (Lipinski definition) is 3. The Bertz CT molecular complexity index is 366. The van der Waals surface area contributed by atoms with Crippen LogP contribution in [0, 0.1) is 6.92 Å². The molecule has 0 saturated carbocycles. The van der Waals surface area contributed by atoms with E-state index in [-0.39, 0.29) is 18.8 Å². The van der Waals surface area contributed by atoms with E-state index in [2.05, 4.69) is 5.32 Å². The van der Waals surface area contributed by atoms with E-state index in [0.29, 0.717) is 6.54 Å². The number of hydrogen-bond acceptors (Lipinski definition) is 4. The quantitative estimate of drug-likeness (QED) is 0.681. The van der Waals surface area contributed by atoms with Gasteiger partial charge in [-0.1, -0.05) is 12.1 Å². The first-order valence-corrected chi connectivity index (χ1v) is 6.16. The van der Waals surface area contributed by atoms with Gasteiger partial charge in [0.1, 0.15) is 18.5 Å². The highest BCUT2D eigenvalue weighted by atomic mass is 16.5. The van der Waals surface area contributed by atoms with Gasteiger partial charge in [-0.3, -0.25) is 0 Å². The summed E-state index contributed by atoms with van der Waals surface area (Å²) < 4.78 is 5.49. The van der Waals surface area contributed by atoms with Crippen LogP contribution in [-0.4, -0.2) is 41.6 Å². The van der Waals surface area contributed by atoms with Gasteiger partial charge in [-0.25, -0.2) is 0 Å². The van der Waals surface area contributed by atoms with E-state index in [1.165, 1.54) is 0 Å². The third-order valence-corrected chi connectivity index (χ3v) is 2.64. The van der Waals surface area contributed by atoms with Gasteiger partial charge < -0.3 is 20.3 Å². The normalized spacial score (nSPS) is 13.4. The minimum Gasteiger partial charge on any atom is -0.491 e. The second kappa shape index (κ2) is 6.73. The van der Waals surface area contributed by atoms with Gasteiger partial charge in [0.15, 0.2) is 0 Å². The fourth-order valence-electron chi connectivity index (χ4n) is 1.41. The van der Waals surface area contributed by atoms with Crippen molar-refractivity contribution in [3.05, 3.63) is 29.8 Å². The molecular formula is C14H23NO3. The molecule has 0 bridgehead atoms. The molecule has 18 heavy (non-hydrogen) atoms. The maximum Gasteiger partial charge on any atom is 0.119 e. The van der Waals surface area contributed by atoms with Gasteiger partial charge in [0.2, 0.25) is 0 Å². The molecule has 0 unspecified atom stereocenters. The van der Waals surface area contributed by atoms with Crippen LogP contribution in [0.1, 0.15) is 19.4 Å². The Morgan fingerprint density at radius 3 is 2.72 bits per heavy atom. The minimum absolute atomic E-state index is 0.0262. The molecule has 0 amide bonds. The summed E-state index contributed by atoms with van der Waals surface area (Å²) in [4.78, 5) is 0. The molecule has 0 aliphatic carbocycles. The second-order valence-corrected chi connectivity index (χ2v) is 5.20. The molecule has 1 aromatic rings. The zero-order valence-electron chi connectivity index (χ0n) is 11.3. The molecule has 4 nitrogen and oxygen atoms in total. The molecule has 0 spiro atoms. The average molecular weight is 253 g/mol. The van der Waals surface area contributed by atoms with Crippen molar-refractivity contribution in [3.63, 3.8) is 0 Å². The molecular weight excluding hydrogens is 230 g/mol. The molecule has 1 aromatic carbocycles. The Labute approximate surface area is 109 Å². The monoisotopic (exact) mass is 253 g/mol. The minimum atomic E-state index is -0.601. The SMILES string of the molecule is Cc1cccc(OC[C@@H](O)CNC(C)(C)CO)c1. The van der Waals surface area contributed by atoms with Gasteiger partial charge in [0.05, 0.1) is 6.61 Å². The number of aliphatic hydroxyl groups is 2. The van der Waals surface area contributed by atoms with E-state index >= 15 is 0 Å². The van der Waals surface area contributed by atoms with E-state index in [9.17, 15) is 5.11 Å². The Morgan fingerprint density at radius 1 is 1.39 bits per heavy atom. The van der Waals surface area contributed by atoms with Crippen LogP contribution in [0.2, 0.25) is 0 Å². The predicted octanol–water partition coefficient (Wildman–Crippen LogP) is 1.10. The fraction of sp³-hybridized carbons (Fsp3) is 0.571. The number of nitrogens with one attached hydrogen (secondary N) is 1. The lowest BCUT2D eigenvalue weighted by Gasteiger charge is -2.25. The highest BCUT2D eigenvalue weighted by Crippen LogP contribution is 2.12. The topological polar surface area (TPSA) is 61.7 Å². The number of ether oxygens (including phenoxy) is 1. The first-order chi connectivity index (χ1) is 8.43. The highest BCUT2D eigenvalue weighted by molar-refractivity contribution is 5.27. The van der Waals surface area contributed by atoms with Crippen molar-refractivity contribution in [1.29, 1.82) is 0 Å². The molecule has 1 rings (SSSR count). The summed E-state index contributed by atoms with van der Waals surface area (Å²) in [5.41, 5.74) is 0.742. The standard InChI is InChI=1S/C14H23NO3/c1-11-5-4-6-13(7-11)18-9-12(17)8-15-14(2,3)10-16/h4-7,12,15-17H,8-10H2,1-3H3/t12-/m0/s1. The van der Waals surface area contributed by atoms with Crippen molar-refractivity contribution in [2.75, 3.05) is 19.8 Å². The molecule has 102 valence electrons. The first kappa shape index (κ1) is 15.0. The maximum atomic E-state index is 9.77. The van der Waals surface area contributed by atoms with Crippen LogP contribution in [-0.2, 0) is 0 Å². The number of β-amino-alcohol motifs (C(OH)–C–C–N with tert-alkyl or cyclic N) is 1. The third kappa shape index (κ3) is 5.49. The largest absolute Gasteiger partial charge is 0.491 e. The van der Waals surface area contributed by atoms with E-state index in [1.807, 2.05) is 45.0 Å². The summed E-state index contributed by atoms with van der Waals surface area (Å²) in [6.45, 7) is 6.40. The van der Waals surface area contributed by atoms with Gasteiger partial charge in [0, 0.05) is 12.1 Å². The van der Waals surface area contributed by atoms with Crippen LogP contribution < -0.4 is 10.1 Å². The second-order valence-electron chi connectivity index (χ2n) is 5.20. The average Bonchev–Trinajstić information content (AvgIpc) is 2.34. The summed E-state index contributed by atoms with van der Waals surface area (Å²) in [5, 5.41) is 21.9. The number of aryl methyl sites for hydroxylation is 1. The first-order valence-electron chi connectivity index (χ1n) is 6.16. The lowest BCUT2D eigenvalue weighted by molar-refractivity contribution is 0.0906. The molecule has 0 radical (unpaired) electrons. The van der Waals surface area contributed by atoms with Gasteiger partial charge in [-0.2, -0.15) is 0 Å². The Kier molecular flexibility index (Phi) is 5.59. The molecule has 3 N–H and O–H groups in total. The zero-order valence-corrected chi connectivity index (χ0v) is 11.3. The van der Waals surface area contributed by atoms with E-state index in [4.69, 9.17) is 9.84 Å². The van der Waals surface area contributed by atoms with Gasteiger partial charge >= 0.3 is 0 Å². The molecule has 4 heteroatoms. The molecule has 0 heterocycles. The molecule has 0 aliphatic rings. The summed E-state index contributed by atoms with van der Waals surface area (Å²) in [6, 6.07) is 7.71. The molecule has 1 atom stereocenters. The summed E-state index contributed by atoms with van der Waals surface area (Å²) in [7, 11) is 0. The molecule has 0 saturated heterocycles. The number of rotatable bonds is 7. The van der Waals surface area contributed by atoms with Crippen molar-refractivity contribution >= 4 is 0 Å². The summed E-state index contributed by atoms with van der Waals surface area (Å²) in [6.07, 6.45) is -0.601. The van der Waals surface area contributed by atoms with E-state index in [1.54, 1.807) is 0 Å². The van der Waals surface area contributed by atoms with Crippen molar-refractivity contribution in [2.45, 2.75) is 32.4 Å². The lowest BCUT2D eigenvalue weighted by Crippen LogP contribution is -2.47. The zero-order chi connectivity index (χ0) is 13.6. The molecule has 0 aliphatic heterocycles. The summed E-state index contributed by atoms with van der Waals surface area (Å²) in [5.74, 6) is 0.760. The Balaban J connectivity index is 2.31. The number of aliphatic hydroxyl groups excluding tert-OH is 2. The van der Waals surface area contributed by atoms with Crippen LogP contribution in [0.25, 0.3) is 0 Å². The van der Waals surface area contributed by atoms with Gasteiger partial charge in [0.25, 0.3) is 0 Å². The summed E-state index contributed by atoms with van der Waals surface area (Å²) >= 11 is 0. The lowest BCUT2D eigenvalue weighted by atomic mass is 10.1. The van der Waals surface area contributed by atoms with Crippen LogP contribution in [0.4, 0.5) is 0 Å². The van der Waals surface area contributed by atoms with Crippen LogP contribution in [0.15, 0.2) is 24.3 Å². The van der Waals surface area contributed by atoms with Crippen LogP contribution in [0.5, 0.6) is 5.75 Å². The van der Waals surface area contributed by atoms with Crippen molar-refractivity contribution in [3.8, 4) is 5.75 Å². The Hall–Kier alpha value is -1.10. The maximum absolute atomic E-state index is 9.77. The predicted molar refractivity (Wildman–Crippen MR) is 71.8 cm³/mol. The van der Waals surface area contributed by atoms with Crippen molar-refractivity contribution in [2.24, 2.45) is 0 Å². The Morgan fingerprint density at radius 2 is 2.11 bits per heavy atom. The van der Waals surface area contributed by atoms with Crippen molar-refractivity contribution < 1.29 is 14.9 Å². The van der Waals surface area contributed by atoms with E-state index < -0.39 is 6.10 Å². The van der Waals surface area contributed by atoms with Crippen LogP contribution in [0.3, 0.4) is 0 Å². The smallest absolute Gasteiger partial charge is 0.119 e. The fourth-order valence-corrected chi connectivity index (χ4v) is 1.41. The number of benzene rings is 1. The van der Waals surface area contributed by atoms with Gasteiger partial charge in [-0.15, -0.1) is 0 Å². The van der Waals surface area contributed by atoms with Crippen molar-refractivity contribution in [1.82, 2.24) is 5.32 Å². The third-order valence-electron chi connectivity index (χ3n) is 2.64. The highest BCUT2D eigenvalue weighted by Gasteiger charge is 2.17. The molecule has 0 aromatic heterocycles. The van der Waals surface area contributed by atoms with E-state index in [0.717, 1.165) is 11.3 Å².